The van der Waals surface area contributed by atoms with Crippen molar-refractivity contribution in [1.29, 1.82) is 0 Å². The lowest BCUT2D eigenvalue weighted by Gasteiger charge is -2.14. The summed E-state index contributed by atoms with van der Waals surface area (Å²) in [5.41, 5.74) is 3.00. The van der Waals surface area contributed by atoms with Crippen LogP contribution in [0.15, 0.2) is 35.4 Å². The van der Waals surface area contributed by atoms with Crippen LogP contribution in [0.25, 0.3) is 0 Å². The summed E-state index contributed by atoms with van der Waals surface area (Å²) >= 11 is 11.9. The second-order valence-corrected chi connectivity index (χ2v) is 6.36. The highest BCUT2D eigenvalue weighted by Crippen LogP contribution is 2.33. The molecule has 7 nitrogen and oxygen atoms in total. The molecule has 0 aliphatic carbocycles. The minimum absolute atomic E-state index is 0.311. The second kappa shape index (κ2) is 10.1. The molecule has 0 aliphatic rings. The maximum atomic E-state index is 12.2. The summed E-state index contributed by atoms with van der Waals surface area (Å²) in [5.74, 6) is 1.42. The smallest absolute Gasteiger partial charge is 0.280 e. The predicted molar refractivity (Wildman–Crippen MR) is 108 cm³/mol. The van der Waals surface area contributed by atoms with E-state index in [-0.39, 0.29) is 0 Å². The highest BCUT2D eigenvalue weighted by atomic mass is 35.5. The number of rotatable bonds is 8. The van der Waals surface area contributed by atoms with Crippen molar-refractivity contribution in [3.63, 3.8) is 0 Å². The zero-order valence-electron chi connectivity index (χ0n) is 15.8. The van der Waals surface area contributed by atoms with Crippen molar-refractivity contribution in [3.05, 3.63) is 45.9 Å². The molecule has 0 spiro atoms. The van der Waals surface area contributed by atoms with E-state index in [2.05, 4.69) is 10.5 Å². The molecule has 28 heavy (non-hydrogen) atoms. The summed E-state index contributed by atoms with van der Waals surface area (Å²) in [4.78, 5) is 12.2. The van der Waals surface area contributed by atoms with Gasteiger partial charge in [-0.25, -0.2) is 5.43 Å². The fraction of sp³-hybridized carbons (Fsp3) is 0.263. The van der Waals surface area contributed by atoms with Gasteiger partial charge in [-0.05, 0) is 31.2 Å². The molecule has 1 amide bonds. The van der Waals surface area contributed by atoms with Crippen LogP contribution in [0.3, 0.4) is 0 Å². The summed E-state index contributed by atoms with van der Waals surface area (Å²) in [5, 5.41) is 4.73. The first kappa shape index (κ1) is 21.7. The van der Waals surface area contributed by atoms with Crippen LogP contribution in [-0.4, -0.2) is 39.6 Å². The molecule has 0 saturated carbocycles. The van der Waals surface area contributed by atoms with E-state index < -0.39 is 12.0 Å². The Morgan fingerprint density at radius 2 is 1.64 bits per heavy atom. The monoisotopic (exact) mass is 426 g/mol. The Bertz CT molecular complexity index is 874. The zero-order valence-corrected chi connectivity index (χ0v) is 17.3. The largest absolute Gasteiger partial charge is 0.496 e. The van der Waals surface area contributed by atoms with Crippen LogP contribution in [0.2, 0.25) is 10.0 Å². The minimum Gasteiger partial charge on any atom is -0.496 e. The number of nitrogens with zero attached hydrogens (tertiary/aromatic N) is 1. The maximum absolute atomic E-state index is 12.2. The topological polar surface area (TPSA) is 78.4 Å². The van der Waals surface area contributed by atoms with Crippen LogP contribution in [0, 0.1) is 0 Å². The van der Waals surface area contributed by atoms with Crippen LogP contribution < -0.4 is 24.4 Å². The third-order valence-electron chi connectivity index (χ3n) is 3.68. The van der Waals surface area contributed by atoms with E-state index in [1.54, 1.807) is 31.2 Å². The summed E-state index contributed by atoms with van der Waals surface area (Å²) in [6.07, 6.45) is 0.601. The number of hydrogen-bond acceptors (Lipinski definition) is 6. The van der Waals surface area contributed by atoms with Gasteiger partial charge < -0.3 is 18.9 Å². The molecule has 2 aromatic carbocycles. The lowest BCUT2D eigenvalue weighted by molar-refractivity contribution is -0.127. The number of halogens is 2. The maximum Gasteiger partial charge on any atom is 0.280 e. The Hall–Kier alpha value is -2.64. The second-order valence-electron chi connectivity index (χ2n) is 5.52. The lowest BCUT2D eigenvalue weighted by Crippen LogP contribution is -2.33. The van der Waals surface area contributed by atoms with Gasteiger partial charge in [-0.1, -0.05) is 23.2 Å². The van der Waals surface area contributed by atoms with Crippen molar-refractivity contribution < 1.29 is 23.7 Å². The number of nitrogens with one attached hydrogen (secondary N) is 1. The highest BCUT2D eigenvalue weighted by molar-refractivity contribution is 6.35. The van der Waals surface area contributed by atoms with Crippen LogP contribution in [0.1, 0.15) is 12.5 Å². The fourth-order valence-electron chi connectivity index (χ4n) is 2.22. The normalized spacial score (nSPS) is 11.8. The van der Waals surface area contributed by atoms with E-state index in [1.807, 2.05) is 0 Å². The number of amides is 1. The van der Waals surface area contributed by atoms with Gasteiger partial charge in [0.15, 0.2) is 17.6 Å². The number of methoxy groups -OCH3 is 3. The summed E-state index contributed by atoms with van der Waals surface area (Å²) in [7, 11) is 4.57. The van der Waals surface area contributed by atoms with Crippen molar-refractivity contribution in [2.24, 2.45) is 5.10 Å². The van der Waals surface area contributed by atoms with Gasteiger partial charge in [-0.2, -0.15) is 5.10 Å². The van der Waals surface area contributed by atoms with Crippen LogP contribution >= 0.6 is 23.2 Å². The van der Waals surface area contributed by atoms with Gasteiger partial charge in [0, 0.05) is 16.7 Å². The molecule has 0 saturated heterocycles. The third kappa shape index (κ3) is 5.43. The molecule has 2 aromatic rings. The Balaban J connectivity index is 2.06. The van der Waals surface area contributed by atoms with Gasteiger partial charge in [-0.15, -0.1) is 0 Å². The Morgan fingerprint density at radius 3 is 2.25 bits per heavy atom. The van der Waals surface area contributed by atoms with Gasteiger partial charge >= 0.3 is 0 Å². The molecule has 2 rings (SSSR count). The van der Waals surface area contributed by atoms with Gasteiger partial charge in [-0.3, -0.25) is 4.79 Å². The molecular formula is C19H20Cl2N2O5. The van der Waals surface area contributed by atoms with Crippen LogP contribution in [0.5, 0.6) is 23.0 Å². The molecule has 9 heteroatoms. The summed E-state index contributed by atoms with van der Waals surface area (Å²) in [6.45, 7) is 1.58. The van der Waals surface area contributed by atoms with E-state index >= 15 is 0 Å². The molecular weight excluding hydrogens is 407 g/mol. The first-order valence-electron chi connectivity index (χ1n) is 8.14. The number of hydrazone groups is 1. The highest BCUT2D eigenvalue weighted by Gasteiger charge is 2.16. The van der Waals surface area contributed by atoms with Gasteiger partial charge in [0.05, 0.1) is 32.6 Å². The molecule has 0 aliphatic heterocycles. The Labute approximate surface area is 173 Å². The average molecular weight is 427 g/mol. The lowest BCUT2D eigenvalue weighted by atomic mass is 10.2. The van der Waals surface area contributed by atoms with Crippen molar-refractivity contribution >= 4 is 35.3 Å². The first-order chi connectivity index (χ1) is 13.4. The van der Waals surface area contributed by atoms with E-state index in [1.165, 1.54) is 33.6 Å². The van der Waals surface area contributed by atoms with E-state index in [9.17, 15) is 4.79 Å². The molecule has 0 aromatic heterocycles. The first-order valence-corrected chi connectivity index (χ1v) is 8.89. The minimum atomic E-state index is -0.830. The predicted octanol–water partition coefficient (Wildman–Crippen LogP) is 3.94. The standard InChI is InChI=1S/C19H20Cl2N2O5/c1-11(28-15-6-5-13(20)8-14(15)21)19(24)23-22-10-12-7-17(26-3)18(27-4)9-16(12)25-2/h5-11H,1-4H3,(H,23,24). The SMILES string of the molecule is COc1cc(OC)c(OC)cc1C=NNC(=O)C(C)Oc1ccc(Cl)cc1Cl. The number of carbonyl (C=O) groups is 1. The average Bonchev–Trinajstić information content (AvgIpc) is 2.69. The van der Waals surface area contributed by atoms with E-state index in [4.69, 9.17) is 42.1 Å². The van der Waals surface area contributed by atoms with Gasteiger partial charge in [0.25, 0.3) is 5.91 Å². The van der Waals surface area contributed by atoms with Gasteiger partial charge in [0.1, 0.15) is 11.5 Å². The van der Waals surface area contributed by atoms with Crippen molar-refractivity contribution in [3.8, 4) is 23.0 Å². The number of hydrogen-bond donors (Lipinski definition) is 1. The molecule has 0 fully saturated rings. The molecule has 150 valence electrons. The van der Waals surface area contributed by atoms with Gasteiger partial charge in [0.2, 0.25) is 0 Å². The van der Waals surface area contributed by atoms with Crippen molar-refractivity contribution in [1.82, 2.24) is 5.43 Å². The van der Waals surface area contributed by atoms with E-state index in [0.717, 1.165) is 0 Å². The molecule has 0 radical (unpaired) electrons. The molecule has 1 atom stereocenters. The number of benzene rings is 2. The van der Waals surface area contributed by atoms with Crippen LogP contribution in [-0.2, 0) is 4.79 Å². The Kier molecular flexibility index (Phi) is 7.78. The quantitative estimate of drug-likeness (QED) is 0.510. The van der Waals surface area contributed by atoms with Crippen molar-refractivity contribution in [2.45, 2.75) is 13.0 Å². The van der Waals surface area contributed by atoms with E-state index in [0.29, 0.717) is 38.6 Å². The molecule has 1 unspecified atom stereocenters. The molecule has 0 bridgehead atoms. The van der Waals surface area contributed by atoms with Crippen LogP contribution in [0.4, 0.5) is 0 Å². The third-order valence-corrected chi connectivity index (χ3v) is 4.21. The number of ether oxygens (including phenoxy) is 4. The van der Waals surface area contributed by atoms with Crippen molar-refractivity contribution in [2.75, 3.05) is 21.3 Å². The summed E-state index contributed by atoms with van der Waals surface area (Å²) in [6, 6.07) is 8.09. The number of carbonyl (C=O) groups excluding carboxylic acids is 1. The molecule has 1 N–H and O–H groups in total. The zero-order chi connectivity index (χ0) is 20.7. The molecule has 0 heterocycles. The Morgan fingerprint density at radius 1 is 1.00 bits per heavy atom. The summed E-state index contributed by atoms with van der Waals surface area (Å²) < 4.78 is 21.3. The fourth-order valence-corrected chi connectivity index (χ4v) is 2.68.